The van der Waals surface area contributed by atoms with Crippen molar-refractivity contribution < 1.29 is 19.1 Å². The van der Waals surface area contributed by atoms with E-state index in [0.29, 0.717) is 26.1 Å². The highest BCUT2D eigenvalue weighted by atomic mass is 16.6. The van der Waals surface area contributed by atoms with Gasteiger partial charge in [-0.2, -0.15) is 0 Å². The van der Waals surface area contributed by atoms with Gasteiger partial charge in [0.15, 0.2) is 0 Å². The van der Waals surface area contributed by atoms with Crippen molar-refractivity contribution in [3.8, 4) is 0 Å². The van der Waals surface area contributed by atoms with Crippen LogP contribution in [0, 0.1) is 0 Å². The van der Waals surface area contributed by atoms with E-state index in [0.717, 1.165) is 18.4 Å². The Balaban J connectivity index is 1.80. The van der Waals surface area contributed by atoms with Gasteiger partial charge in [-0.3, -0.25) is 9.69 Å². The van der Waals surface area contributed by atoms with Crippen molar-refractivity contribution in [2.24, 2.45) is 0 Å². The van der Waals surface area contributed by atoms with Crippen LogP contribution in [0.25, 0.3) is 0 Å². The molecule has 2 amide bonds. The number of likely N-dealkylation sites (tertiary alicyclic amines) is 1. The third-order valence-corrected chi connectivity index (χ3v) is 3.82. The van der Waals surface area contributed by atoms with Crippen molar-refractivity contribution in [3.63, 3.8) is 0 Å². The fourth-order valence-electron chi connectivity index (χ4n) is 2.61. The third kappa shape index (κ3) is 5.25. The summed E-state index contributed by atoms with van der Waals surface area (Å²) < 4.78 is 10.3. The number of amides is 2. The van der Waals surface area contributed by atoms with E-state index < -0.39 is 12.1 Å². The molecule has 1 aromatic carbocycles. The molecule has 6 nitrogen and oxygen atoms in total. The Bertz CT molecular complexity index is 507. The first-order valence-electron chi connectivity index (χ1n) is 7.96. The van der Waals surface area contributed by atoms with Crippen LogP contribution in [-0.2, 0) is 20.9 Å². The highest BCUT2D eigenvalue weighted by molar-refractivity contribution is 5.86. The van der Waals surface area contributed by atoms with Crippen molar-refractivity contribution in [2.75, 3.05) is 26.8 Å². The van der Waals surface area contributed by atoms with Gasteiger partial charge in [0.25, 0.3) is 0 Å². The van der Waals surface area contributed by atoms with Gasteiger partial charge in [-0.25, -0.2) is 4.79 Å². The molecule has 1 atom stereocenters. The van der Waals surface area contributed by atoms with E-state index in [1.165, 1.54) is 4.90 Å². The molecule has 23 heavy (non-hydrogen) atoms. The number of rotatable bonds is 7. The normalized spacial score (nSPS) is 17.1. The molecule has 0 aliphatic carbocycles. The zero-order chi connectivity index (χ0) is 16.5. The minimum atomic E-state index is -0.430. The monoisotopic (exact) mass is 320 g/mol. The molecule has 0 bridgehead atoms. The molecule has 0 aromatic heterocycles. The molecule has 1 aromatic rings. The average Bonchev–Trinajstić information content (AvgIpc) is 3.07. The van der Waals surface area contributed by atoms with E-state index in [9.17, 15) is 9.59 Å². The molecule has 0 radical (unpaired) electrons. The maximum Gasteiger partial charge on any atom is 0.410 e. The lowest BCUT2D eigenvalue weighted by Gasteiger charge is -2.23. The lowest BCUT2D eigenvalue weighted by atomic mass is 10.2. The van der Waals surface area contributed by atoms with Crippen LogP contribution in [0.4, 0.5) is 4.79 Å². The van der Waals surface area contributed by atoms with Crippen molar-refractivity contribution >= 4 is 12.0 Å². The van der Waals surface area contributed by atoms with Gasteiger partial charge in [0.1, 0.15) is 12.6 Å². The minimum Gasteiger partial charge on any atom is -0.445 e. The van der Waals surface area contributed by atoms with E-state index in [2.05, 4.69) is 5.32 Å². The molecule has 0 unspecified atom stereocenters. The van der Waals surface area contributed by atoms with Crippen molar-refractivity contribution in [3.05, 3.63) is 35.9 Å². The Hall–Kier alpha value is -2.08. The van der Waals surface area contributed by atoms with E-state index in [4.69, 9.17) is 9.47 Å². The van der Waals surface area contributed by atoms with Crippen LogP contribution in [-0.4, -0.2) is 49.7 Å². The molecular weight excluding hydrogens is 296 g/mol. The fraction of sp³-hybridized carbons (Fsp3) is 0.529. The summed E-state index contributed by atoms with van der Waals surface area (Å²) >= 11 is 0. The molecular formula is C17H24N2O4. The first-order chi connectivity index (χ1) is 11.2. The molecule has 0 spiro atoms. The van der Waals surface area contributed by atoms with E-state index in [-0.39, 0.29) is 12.5 Å². The molecule has 1 aliphatic heterocycles. The standard InChI is InChI=1S/C17H24N2O4/c1-22-12-6-10-18-16(20)15-9-5-11-19(15)17(21)23-13-14-7-3-2-4-8-14/h2-4,7-8,15H,5-6,9-13H2,1H3,(H,18,20)/t15-/m1/s1. The van der Waals surface area contributed by atoms with Gasteiger partial charge in [0, 0.05) is 26.8 Å². The van der Waals surface area contributed by atoms with Gasteiger partial charge in [0.05, 0.1) is 0 Å². The van der Waals surface area contributed by atoms with E-state index >= 15 is 0 Å². The summed E-state index contributed by atoms with van der Waals surface area (Å²) in [6, 6.07) is 9.08. The van der Waals surface area contributed by atoms with Crippen LogP contribution in [0.15, 0.2) is 30.3 Å². The van der Waals surface area contributed by atoms with Gasteiger partial charge < -0.3 is 14.8 Å². The topological polar surface area (TPSA) is 67.9 Å². The smallest absolute Gasteiger partial charge is 0.410 e. The number of carbonyl (C=O) groups excluding carboxylic acids is 2. The molecule has 126 valence electrons. The van der Waals surface area contributed by atoms with Crippen LogP contribution in [0.3, 0.4) is 0 Å². The number of methoxy groups -OCH3 is 1. The maximum absolute atomic E-state index is 12.2. The number of hydrogen-bond acceptors (Lipinski definition) is 4. The largest absolute Gasteiger partial charge is 0.445 e. The molecule has 6 heteroatoms. The van der Waals surface area contributed by atoms with E-state index in [1.54, 1.807) is 7.11 Å². The summed E-state index contributed by atoms with van der Waals surface area (Å²) in [5, 5.41) is 2.85. The summed E-state index contributed by atoms with van der Waals surface area (Å²) in [5.74, 6) is -0.115. The number of carbonyl (C=O) groups is 2. The Morgan fingerprint density at radius 3 is 2.83 bits per heavy atom. The average molecular weight is 320 g/mol. The lowest BCUT2D eigenvalue weighted by molar-refractivity contribution is -0.125. The van der Waals surface area contributed by atoms with Crippen molar-refractivity contribution in [1.82, 2.24) is 10.2 Å². The number of nitrogens with one attached hydrogen (secondary N) is 1. The Morgan fingerprint density at radius 2 is 2.09 bits per heavy atom. The van der Waals surface area contributed by atoms with Gasteiger partial charge >= 0.3 is 6.09 Å². The quantitative estimate of drug-likeness (QED) is 0.780. The molecule has 2 rings (SSSR count). The molecule has 1 heterocycles. The van der Waals surface area contributed by atoms with Crippen LogP contribution in [0.5, 0.6) is 0 Å². The van der Waals surface area contributed by atoms with Crippen LogP contribution in [0.1, 0.15) is 24.8 Å². The number of benzene rings is 1. The number of hydrogen-bond donors (Lipinski definition) is 1. The van der Waals surface area contributed by atoms with Gasteiger partial charge in [-0.1, -0.05) is 30.3 Å². The highest BCUT2D eigenvalue weighted by Crippen LogP contribution is 2.19. The van der Waals surface area contributed by atoms with Crippen molar-refractivity contribution in [1.29, 1.82) is 0 Å². The Morgan fingerprint density at radius 1 is 1.30 bits per heavy atom. The third-order valence-electron chi connectivity index (χ3n) is 3.82. The summed E-state index contributed by atoms with van der Waals surface area (Å²) in [7, 11) is 1.63. The van der Waals surface area contributed by atoms with Gasteiger partial charge in [0.2, 0.25) is 5.91 Å². The summed E-state index contributed by atoms with van der Waals surface area (Å²) in [5.41, 5.74) is 0.931. The number of ether oxygens (including phenoxy) is 2. The van der Waals surface area contributed by atoms with Crippen LogP contribution >= 0.6 is 0 Å². The summed E-state index contributed by atoms with van der Waals surface area (Å²) in [6.45, 7) is 1.94. The SMILES string of the molecule is COCCCNC(=O)[C@H]1CCCN1C(=O)OCc1ccccc1. The van der Waals surface area contributed by atoms with Crippen molar-refractivity contribution in [2.45, 2.75) is 31.9 Å². The first-order valence-corrected chi connectivity index (χ1v) is 7.96. The predicted octanol–water partition coefficient (Wildman–Crippen LogP) is 1.94. The van der Waals surface area contributed by atoms with E-state index in [1.807, 2.05) is 30.3 Å². The van der Waals surface area contributed by atoms with Gasteiger partial charge in [-0.15, -0.1) is 0 Å². The second-order valence-electron chi connectivity index (χ2n) is 5.53. The Kier molecular flexibility index (Phi) is 6.87. The minimum absolute atomic E-state index is 0.115. The zero-order valence-electron chi connectivity index (χ0n) is 13.5. The summed E-state index contributed by atoms with van der Waals surface area (Å²) in [6.07, 6.45) is 1.82. The summed E-state index contributed by atoms with van der Waals surface area (Å²) in [4.78, 5) is 25.9. The second kappa shape index (κ2) is 9.15. The maximum atomic E-state index is 12.2. The Labute approximate surface area is 136 Å². The molecule has 1 N–H and O–H groups in total. The van der Waals surface area contributed by atoms with Crippen LogP contribution in [0.2, 0.25) is 0 Å². The molecule has 1 fully saturated rings. The molecule has 1 saturated heterocycles. The zero-order valence-corrected chi connectivity index (χ0v) is 13.5. The first kappa shape index (κ1) is 17.3. The lowest BCUT2D eigenvalue weighted by Crippen LogP contribution is -2.46. The van der Waals surface area contributed by atoms with Gasteiger partial charge in [-0.05, 0) is 24.8 Å². The highest BCUT2D eigenvalue weighted by Gasteiger charge is 2.34. The fourth-order valence-corrected chi connectivity index (χ4v) is 2.61. The molecule has 1 aliphatic rings. The predicted molar refractivity (Wildman–Crippen MR) is 85.9 cm³/mol. The second-order valence-corrected chi connectivity index (χ2v) is 5.53. The molecule has 0 saturated carbocycles. The van der Waals surface area contributed by atoms with Crippen LogP contribution < -0.4 is 5.32 Å². The number of nitrogens with zero attached hydrogens (tertiary/aromatic N) is 1.